The van der Waals surface area contributed by atoms with Gasteiger partial charge in [-0.25, -0.2) is 17.8 Å². The van der Waals surface area contributed by atoms with Crippen LogP contribution in [0.1, 0.15) is 29.2 Å². The van der Waals surface area contributed by atoms with E-state index in [-0.39, 0.29) is 33.6 Å². The normalized spacial score (nSPS) is 16.9. The molecule has 0 bridgehead atoms. The summed E-state index contributed by atoms with van der Waals surface area (Å²) in [5.41, 5.74) is 1.91. The minimum atomic E-state index is -3.61. The smallest absolute Gasteiger partial charge is 0.307 e. The molecule has 0 unspecified atom stereocenters. The lowest BCUT2D eigenvalue weighted by atomic mass is 9.92. The highest BCUT2D eigenvalue weighted by Crippen LogP contribution is 2.36. The van der Waals surface area contributed by atoms with Crippen LogP contribution in [0, 0.1) is 5.82 Å². The molecule has 1 saturated heterocycles. The van der Waals surface area contributed by atoms with Crippen molar-refractivity contribution in [3.8, 4) is 0 Å². The fourth-order valence-electron chi connectivity index (χ4n) is 4.39. The molecule has 11 heteroatoms. The fourth-order valence-corrected chi connectivity index (χ4v) is 6.15. The number of nitrogens with zero attached hydrogens (tertiary/aromatic N) is 3. The van der Waals surface area contributed by atoms with Gasteiger partial charge in [0.15, 0.2) is 15.7 Å². The number of aromatic nitrogens is 2. The summed E-state index contributed by atoms with van der Waals surface area (Å²) in [6.07, 6.45) is 0.521. The molecule has 1 aromatic heterocycles. The van der Waals surface area contributed by atoms with Crippen LogP contribution >= 0.6 is 11.6 Å². The van der Waals surface area contributed by atoms with Crippen LogP contribution < -0.4 is 10.2 Å². The zero-order chi connectivity index (χ0) is 24.7. The van der Waals surface area contributed by atoms with Crippen molar-refractivity contribution in [1.29, 1.82) is 0 Å². The van der Waals surface area contributed by atoms with Gasteiger partial charge in [0.2, 0.25) is 5.95 Å². The lowest BCUT2D eigenvalue weighted by molar-refractivity contribution is -0.136. The Kier molecular flexibility index (Phi) is 6.10. The zero-order valence-corrected chi connectivity index (χ0v) is 20.1. The number of carbonyl (C=O) groups is 1. The van der Waals surface area contributed by atoms with E-state index >= 15 is 0 Å². The molecule has 5 rings (SSSR count). The third-order valence-electron chi connectivity index (χ3n) is 6.22. The van der Waals surface area contributed by atoms with Gasteiger partial charge in [-0.05, 0) is 48.2 Å². The average molecular weight is 517 g/mol. The molecule has 2 N–H and O–H groups in total. The number of carboxylic acid groups (broad SMARTS) is 1. The zero-order valence-electron chi connectivity index (χ0n) is 18.5. The van der Waals surface area contributed by atoms with E-state index in [9.17, 15) is 17.6 Å². The number of aliphatic carboxylic acids is 1. The van der Waals surface area contributed by atoms with E-state index in [2.05, 4.69) is 15.3 Å². The van der Waals surface area contributed by atoms with E-state index in [1.807, 2.05) is 29.2 Å². The molecule has 3 heterocycles. The summed E-state index contributed by atoms with van der Waals surface area (Å²) in [5, 5.41) is 12.5. The number of anilines is 3. The molecule has 182 valence electrons. The van der Waals surface area contributed by atoms with Gasteiger partial charge in [0, 0.05) is 29.7 Å². The number of benzene rings is 2. The molecule has 8 nitrogen and oxygen atoms in total. The van der Waals surface area contributed by atoms with Crippen molar-refractivity contribution in [2.75, 3.05) is 29.1 Å². The number of sulfone groups is 1. The van der Waals surface area contributed by atoms with E-state index in [0.717, 1.165) is 11.6 Å². The van der Waals surface area contributed by atoms with Gasteiger partial charge >= 0.3 is 5.97 Å². The Balaban J connectivity index is 1.45. The van der Waals surface area contributed by atoms with Gasteiger partial charge in [-0.1, -0.05) is 29.8 Å². The lowest BCUT2D eigenvalue weighted by Gasteiger charge is -2.40. The SMILES string of the molecule is O=C(O)Cc1ccc(Nc2nc(N3CC(c4ccc(Cl)cc4)C3)nc3c2S(=O)(=O)CCC3)cc1F. The third kappa shape index (κ3) is 4.81. The van der Waals surface area contributed by atoms with Gasteiger partial charge in [-0.2, -0.15) is 4.98 Å². The Hall–Kier alpha value is -3.24. The quantitative estimate of drug-likeness (QED) is 0.506. The van der Waals surface area contributed by atoms with Crippen LogP contribution in [-0.4, -0.2) is 48.3 Å². The van der Waals surface area contributed by atoms with Crippen molar-refractivity contribution in [2.45, 2.75) is 30.1 Å². The van der Waals surface area contributed by atoms with Gasteiger partial charge in [0.1, 0.15) is 10.7 Å². The number of fused-ring (bicyclic) bond motifs is 1. The monoisotopic (exact) mass is 516 g/mol. The van der Waals surface area contributed by atoms with Gasteiger partial charge in [0.05, 0.1) is 17.9 Å². The number of hydrogen-bond donors (Lipinski definition) is 2. The van der Waals surface area contributed by atoms with Crippen molar-refractivity contribution in [3.63, 3.8) is 0 Å². The summed E-state index contributed by atoms with van der Waals surface area (Å²) in [5.74, 6) is -1.05. The minimum absolute atomic E-state index is 0.00828. The first kappa shape index (κ1) is 23.5. The van der Waals surface area contributed by atoms with Crippen LogP contribution in [0.25, 0.3) is 0 Å². The van der Waals surface area contributed by atoms with E-state index in [1.165, 1.54) is 12.1 Å². The number of aryl methyl sites for hydroxylation is 1. The van der Waals surface area contributed by atoms with Crippen LogP contribution in [-0.2, 0) is 27.5 Å². The molecule has 0 radical (unpaired) electrons. The molecule has 2 aromatic carbocycles. The van der Waals surface area contributed by atoms with E-state index in [4.69, 9.17) is 16.7 Å². The molecular weight excluding hydrogens is 495 g/mol. The Morgan fingerprint density at radius 2 is 1.91 bits per heavy atom. The summed E-state index contributed by atoms with van der Waals surface area (Å²) < 4.78 is 40.2. The number of carboxylic acids is 1. The first-order valence-electron chi connectivity index (χ1n) is 11.1. The summed E-state index contributed by atoms with van der Waals surface area (Å²) in [6, 6.07) is 11.7. The second-order valence-electron chi connectivity index (χ2n) is 8.73. The summed E-state index contributed by atoms with van der Waals surface area (Å²) in [4.78, 5) is 22.0. The molecule has 35 heavy (non-hydrogen) atoms. The average Bonchev–Trinajstić information content (AvgIpc) is 2.75. The highest BCUT2D eigenvalue weighted by Gasteiger charge is 2.34. The largest absolute Gasteiger partial charge is 0.481 e. The maximum absolute atomic E-state index is 14.4. The first-order valence-corrected chi connectivity index (χ1v) is 13.1. The van der Waals surface area contributed by atoms with Crippen LogP contribution in [0.15, 0.2) is 47.4 Å². The molecule has 2 aliphatic rings. The number of hydrogen-bond acceptors (Lipinski definition) is 7. The highest BCUT2D eigenvalue weighted by molar-refractivity contribution is 7.91. The second kappa shape index (κ2) is 9.09. The molecular formula is C24H22ClFN4O4S. The van der Waals surface area contributed by atoms with Crippen LogP contribution in [0.3, 0.4) is 0 Å². The van der Waals surface area contributed by atoms with Gasteiger partial charge in [-0.15, -0.1) is 0 Å². The second-order valence-corrected chi connectivity index (χ2v) is 11.2. The predicted octanol–water partition coefficient (Wildman–Crippen LogP) is 3.96. The van der Waals surface area contributed by atoms with E-state index in [0.29, 0.717) is 42.6 Å². The number of nitrogens with one attached hydrogen (secondary N) is 1. The lowest BCUT2D eigenvalue weighted by Crippen LogP contribution is -2.46. The molecule has 0 atom stereocenters. The Bertz CT molecular complexity index is 1410. The van der Waals surface area contributed by atoms with Crippen molar-refractivity contribution < 1.29 is 22.7 Å². The summed E-state index contributed by atoms with van der Waals surface area (Å²) >= 11 is 5.98. The van der Waals surface area contributed by atoms with Crippen molar-refractivity contribution in [1.82, 2.24) is 9.97 Å². The Morgan fingerprint density at radius 1 is 1.17 bits per heavy atom. The van der Waals surface area contributed by atoms with Crippen LogP contribution in [0.2, 0.25) is 5.02 Å². The first-order chi connectivity index (χ1) is 16.7. The fraction of sp³-hybridized carbons (Fsp3) is 0.292. The highest BCUT2D eigenvalue weighted by atomic mass is 35.5. The minimum Gasteiger partial charge on any atom is -0.481 e. The van der Waals surface area contributed by atoms with E-state index < -0.39 is 28.0 Å². The molecule has 1 fully saturated rings. The van der Waals surface area contributed by atoms with Crippen molar-refractivity contribution in [3.05, 3.63) is 70.1 Å². The maximum Gasteiger partial charge on any atom is 0.307 e. The molecule has 0 saturated carbocycles. The van der Waals surface area contributed by atoms with Gasteiger partial charge in [-0.3, -0.25) is 4.79 Å². The number of halogens is 2. The van der Waals surface area contributed by atoms with E-state index in [1.54, 1.807) is 0 Å². The predicted molar refractivity (Wildman–Crippen MR) is 130 cm³/mol. The van der Waals surface area contributed by atoms with Gasteiger partial charge in [0.25, 0.3) is 0 Å². The molecule has 0 spiro atoms. The van der Waals surface area contributed by atoms with Crippen LogP contribution in [0.4, 0.5) is 21.8 Å². The topological polar surface area (TPSA) is 112 Å². The third-order valence-corrected chi connectivity index (χ3v) is 8.35. The summed E-state index contributed by atoms with van der Waals surface area (Å²) in [7, 11) is -3.61. The maximum atomic E-state index is 14.4. The van der Waals surface area contributed by atoms with Crippen molar-refractivity contribution in [2.24, 2.45) is 0 Å². The standard InChI is InChI=1S/C24H22ClFN4O4S/c25-17-6-3-14(4-7-17)16-12-30(13-16)24-28-20-2-1-9-35(33,34)22(20)23(29-24)27-18-8-5-15(10-21(31)32)19(26)11-18/h3-8,11,16H,1-2,9-10,12-13H2,(H,31,32)(H,27,28,29). The molecule has 0 aliphatic carbocycles. The molecule has 2 aliphatic heterocycles. The number of rotatable bonds is 6. The molecule has 0 amide bonds. The van der Waals surface area contributed by atoms with Crippen molar-refractivity contribution >= 4 is 44.9 Å². The van der Waals surface area contributed by atoms with Crippen LogP contribution in [0.5, 0.6) is 0 Å². The summed E-state index contributed by atoms with van der Waals surface area (Å²) in [6.45, 7) is 1.34. The van der Waals surface area contributed by atoms with Gasteiger partial charge < -0.3 is 15.3 Å². The Labute approximate surface area is 206 Å². The Morgan fingerprint density at radius 3 is 2.60 bits per heavy atom. The molecule has 3 aromatic rings.